The zero-order valence-electron chi connectivity index (χ0n) is 21.4. The molecule has 1 fully saturated rings. The number of halogens is 1. The quantitative estimate of drug-likeness (QED) is 0.460. The van der Waals surface area contributed by atoms with Crippen LogP contribution in [0, 0.1) is 0 Å². The van der Waals surface area contributed by atoms with Crippen LogP contribution in [0.1, 0.15) is 59.7 Å². The van der Waals surface area contributed by atoms with Crippen molar-refractivity contribution in [2.45, 2.75) is 32.4 Å². The van der Waals surface area contributed by atoms with E-state index in [1.807, 2.05) is 57.2 Å². The van der Waals surface area contributed by atoms with Crippen molar-refractivity contribution < 1.29 is 14.3 Å². The van der Waals surface area contributed by atoms with Gasteiger partial charge in [0.05, 0.1) is 24.3 Å². The van der Waals surface area contributed by atoms with E-state index in [-0.39, 0.29) is 17.9 Å². The number of ketones is 1. The Bertz CT molecular complexity index is 1380. The first-order valence-electron chi connectivity index (χ1n) is 12.3. The molecule has 0 spiro atoms. The largest absolute Gasteiger partial charge is 0.444 e. The van der Waals surface area contributed by atoms with Gasteiger partial charge in [-0.05, 0) is 61.7 Å². The number of hydrogen-bond acceptors (Lipinski definition) is 6. The zero-order valence-corrected chi connectivity index (χ0v) is 22.2. The minimum absolute atomic E-state index is 0.131. The number of aromatic nitrogens is 3. The number of aryl methyl sites for hydroxylation is 1. The summed E-state index contributed by atoms with van der Waals surface area (Å²) in [7, 11) is 1.80. The Morgan fingerprint density at radius 3 is 2.54 bits per heavy atom. The SMILES string of the molecule is Cn1cncc1C(=O)C1=Cc2cccnc2[C@@H](N2CCN(C(=O)OC(C)(C)C)CC2)c2ccc(Cl)cc21. The fourth-order valence-electron chi connectivity index (χ4n) is 4.92. The van der Waals surface area contributed by atoms with E-state index >= 15 is 0 Å². The van der Waals surface area contributed by atoms with Gasteiger partial charge in [-0.25, -0.2) is 9.78 Å². The number of carbonyl (C=O) groups excluding carboxylic acids is 2. The summed E-state index contributed by atoms with van der Waals surface area (Å²) >= 11 is 6.46. The third-order valence-corrected chi connectivity index (χ3v) is 6.89. The molecule has 1 aromatic carbocycles. The number of pyridine rings is 1. The highest BCUT2D eigenvalue weighted by molar-refractivity contribution is 6.34. The molecule has 192 valence electrons. The van der Waals surface area contributed by atoms with Crippen LogP contribution in [0.4, 0.5) is 4.79 Å². The van der Waals surface area contributed by atoms with E-state index in [2.05, 4.69) is 9.88 Å². The zero-order chi connectivity index (χ0) is 26.3. The molecule has 5 rings (SSSR count). The molecule has 37 heavy (non-hydrogen) atoms. The number of piperazine rings is 1. The molecule has 2 aromatic heterocycles. The topological polar surface area (TPSA) is 80.6 Å². The number of fused-ring (bicyclic) bond motifs is 2. The lowest BCUT2D eigenvalue weighted by molar-refractivity contribution is 0.0118. The average Bonchev–Trinajstić information content (AvgIpc) is 3.23. The molecule has 1 amide bonds. The number of ether oxygens (including phenoxy) is 1. The van der Waals surface area contributed by atoms with Crippen molar-refractivity contribution in [2.24, 2.45) is 7.05 Å². The summed E-state index contributed by atoms with van der Waals surface area (Å²) in [4.78, 5) is 39.4. The maximum atomic E-state index is 13.8. The van der Waals surface area contributed by atoms with Gasteiger partial charge in [-0.1, -0.05) is 23.7 Å². The lowest BCUT2D eigenvalue weighted by atomic mass is 9.91. The van der Waals surface area contributed by atoms with Gasteiger partial charge >= 0.3 is 6.09 Å². The van der Waals surface area contributed by atoms with E-state index in [9.17, 15) is 9.59 Å². The predicted octanol–water partition coefficient (Wildman–Crippen LogP) is 4.85. The summed E-state index contributed by atoms with van der Waals surface area (Å²) in [6.45, 7) is 7.94. The molecule has 0 radical (unpaired) electrons. The third kappa shape index (κ3) is 5.04. The van der Waals surface area contributed by atoms with Gasteiger partial charge in [0.15, 0.2) is 0 Å². The van der Waals surface area contributed by atoms with Crippen molar-refractivity contribution >= 4 is 35.1 Å². The minimum atomic E-state index is -0.543. The fraction of sp³-hybridized carbons (Fsp3) is 0.357. The summed E-state index contributed by atoms with van der Waals surface area (Å²) in [6.07, 6.45) is 6.58. The highest BCUT2D eigenvalue weighted by Gasteiger charge is 2.35. The van der Waals surface area contributed by atoms with Crippen LogP contribution in [0.15, 0.2) is 49.1 Å². The third-order valence-electron chi connectivity index (χ3n) is 6.66. The highest BCUT2D eigenvalue weighted by Crippen LogP contribution is 2.41. The molecule has 3 heterocycles. The van der Waals surface area contributed by atoms with E-state index in [0.717, 1.165) is 22.4 Å². The number of Topliss-reactive ketones (excluding diaryl/α,β-unsaturated/α-hetero) is 1. The summed E-state index contributed by atoms with van der Waals surface area (Å²) in [5, 5.41) is 0.551. The van der Waals surface area contributed by atoms with Crippen molar-refractivity contribution in [3.05, 3.63) is 82.2 Å². The van der Waals surface area contributed by atoms with Crippen LogP contribution >= 0.6 is 11.6 Å². The first-order valence-corrected chi connectivity index (χ1v) is 12.7. The average molecular weight is 520 g/mol. The molecule has 3 aromatic rings. The Balaban J connectivity index is 1.54. The van der Waals surface area contributed by atoms with Crippen molar-refractivity contribution in [2.75, 3.05) is 26.2 Å². The lowest BCUT2D eigenvalue weighted by Gasteiger charge is -2.40. The molecule has 0 bridgehead atoms. The Labute approximate surface area is 221 Å². The van der Waals surface area contributed by atoms with E-state index in [4.69, 9.17) is 21.3 Å². The van der Waals surface area contributed by atoms with Gasteiger partial charge in [0.25, 0.3) is 0 Å². The molecule has 0 unspecified atom stereocenters. The Morgan fingerprint density at radius 2 is 1.86 bits per heavy atom. The number of amides is 1. The fourth-order valence-corrected chi connectivity index (χ4v) is 5.09. The summed E-state index contributed by atoms with van der Waals surface area (Å²) in [5.41, 5.74) is 3.96. The first-order chi connectivity index (χ1) is 17.6. The van der Waals surface area contributed by atoms with Gasteiger partial charge < -0.3 is 14.2 Å². The molecule has 1 aliphatic heterocycles. The van der Waals surface area contributed by atoms with Crippen molar-refractivity contribution in [1.29, 1.82) is 0 Å². The molecule has 0 saturated carbocycles. The predicted molar refractivity (Wildman–Crippen MR) is 142 cm³/mol. The number of benzene rings is 1. The normalized spacial score (nSPS) is 17.9. The second kappa shape index (κ2) is 9.76. The van der Waals surface area contributed by atoms with E-state index in [0.29, 0.717) is 42.5 Å². The van der Waals surface area contributed by atoms with Crippen LogP contribution in [0.5, 0.6) is 0 Å². The van der Waals surface area contributed by atoms with Gasteiger partial charge in [-0.15, -0.1) is 0 Å². The monoisotopic (exact) mass is 519 g/mol. The minimum Gasteiger partial charge on any atom is -0.444 e. The van der Waals surface area contributed by atoms with Gasteiger partial charge in [-0.3, -0.25) is 14.7 Å². The number of allylic oxidation sites excluding steroid dienone is 1. The van der Waals surface area contributed by atoms with Crippen LogP contribution in [0.3, 0.4) is 0 Å². The maximum absolute atomic E-state index is 13.8. The van der Waals surface area contributed by atoms with Crippen LogP contribution in [-0.4, -0.2) is 68.0 Å². The number of hydrogen-bond donors (Lipinski definition) is 0. The smallest absolute Gasteiger partial charge is 0.410 e. The Morgan fingerprint density at radius 1 is 1.11 bits per heavy atom. The second-order valence-corrected chi connectivity index (χ2v) is 10.8. The lowest BCUT2D eigenvalue weighted by Crippen LogP contribution is -2.51. The standard InChI is InChI=1S/C28H30ClN5O3/c1-28(2,3)37-27(36)34-12-10-33(11-13-34)25-20-8-7-19(29)15-21(20)22(14-18-6-5-9-31-24(18)25)26(35)23-16-30-17-32(23)4/h5-9,14-17,25H,10-13H2,1-4H3/t25-/m0/s1. The van der Waals surface area contributed by atoms with Gasteiger partial charge in [0.1, 0.15) is 11.3 Å². The van der Waals surface area contributed by atoms with E-state index in [1.165, 1.54) is 0 Å². The summed E-state index contributed by atoms with van der Waals surface area (Å²) in [6, 6.07) is 9.34. The molecule has 9 heteroatoms. The highest BCUT2D eigenvalue weighted by atomic mass is 35.5. The molecular weight excluding hydrogens is 490 g/mol. The molecule has 1 atom stereocenters. The van der Waals surface area contributed by atoms with Crippen LogP contribution < -0.4 is 0 Å². The number of imidazole rings is 1. The van der Waals surface area contributed by atoms with Crippen LogP contribution in [0.2, 0.25) is 5.02 Å². The first kappa shape index (κ1) is 25.2. The Hall–Kier alpha value is -3.49. The molecule has 1 saturated heterocycles. The number of rotatable bonds is 3. The second-order valence-electron chi connectivity index (χ2n) is 10.4. The number of carbonyl (C=O) groups is 2. The van der Waals surface area contributed by atoms with E-state index < -0.39 is 5.60 Å². The van der Waals surface area contributed by atoms with E-state index in [1.54, 1.807) is 35.2 Å². The van der Waals surface area contributed by atoms with Gasteiger partial charge in [-0.2, -0.15) is 0 Å². The van der Waals surface area contributed by atoms with Crippen molar-refractivity contribution in [3.8, 4) is 0 Å². The number of nitrogens with zero attached hydrogens (tertiary/aromatic N) is 5. The maximum Gasteiger partial charge on any atom is 0.410 e. The van der Waals surface area contributed by atoms with Gasteiger partial charge in [0.2, 0.25) is 5.78 Å². The molecule has 0 N–H and O–H groups in total. The van der Waals surface area contributed by atoms with Gasteiger partial charge in [0, 0.05) is 50.0 Å². The van der Waals surface area contributed by atoms with Crippen molar-refractivity contribution in [3.63, 3.8) is 0 Å². The van der Waals surface area contributed by atoms with Crippen molar-refractivity contribution in [1.82, 2.24) is 24.3 Å². The molecule has 2 aliphatic rings. The molecule has 8 nitrogen and oxygen atoms in total. The summed E-state index contributed by atoms with van der Waals surface area (Å²) in [5.74, 6) is -0.131. The molecular formula is C28H30ClN5O3. The van der Waals surface area contributed by atoms with Crippen LogP contribution in [0.25, 0.3) is 11.6 Å². The summed E-state index contributed by atoms with van der Waals surface area (Å²) < 4.78 is 7.30. The van der Waals surface area contributed by atoms with Crippen LogP contribution in [-0.2, 0) is 11.8 Å². The molecule has 1 aliphatic carbocycles. The Kier molecular flexibility index (Phi) is 6.64.